The van der Waals surface area contributed by atoms with E-state index in [-0.39, 0.29) is 45.6 Å². The molecule has 0 radical (unpaired) electrons. The van der Waals surface area contributed by atoms with Crippen molar-refractivity contribution < 1.29 is 29.0 Å². The molecule has 7 heteroatoms. The Hall–Kier alpha value is -2.67. The van der Waals surface area contributed by atoms with E-state index in [4.69, 9.17) is 9.47 Å². The molecular formula is C47H77NO6. The van der Waals surface area contributed by atoms with Crippen molar-refractivity contribution in [3.63, 3.8) is 0 Å². The molecule has 5 aliphatic carbocycles. The van der Waals surface area contributed by atoms with Gasteiger partial charge in [0.25, 0.3) is 0 Å². The first-order chi connectivity index (χ1) is 25.4. The van der Waals surface area contributed by atoms with Gasteiger partial charge in [-0.15, -0.1) is 6.58 Å². The second-order valence-electron chi connectivity index (χ2n) is 19.0. The Morgan fingerprint density at radius 1 is 0.889 bits per heavy atom. The molecule has 0 aliphatic heterocycles. The van der Waals surface area contributed by atoms with Crippen molar-refractivity contribution in [2.45, 2.75) is 159 Å². The highest BCUT2D eigenvalue weighted by Gasteiger charge is 2.70. The highest BCUT2D eigenvalue weighted by atomic mass is 16.5. The fourth-order valence-electron chi connectivity index (χ4n) is 12.6. The lowest BCUT2D eigenvalue weighted by molar-refractivity contribution is -0.246. The second-order valence-corrected chi connectivity index (χ2v) is 19.0. The molecule has 54 heavy (non-hydrogen) atoms. The van der Waals surface area contributed by atoms with E-state index in [0.29, 0.717) is 23.7 Å². The fourth-order valence-corrected chi connectivity index (χ4v) is 12.6. The molecule has 5 fully saturated rings. The number of carbonyl (C=O) groups excluding carboxylic acids is 2. The Morgan fingerprint density at radius 3 is 2.07 bits per heavy atom. The third-order valence-electron chi connectivity index (χ3n) is 15.6. The van der Waals surface area contributed by atoms with Crippen molar-refractivity contribution in [1.82, 2.24) is 5.32 Å². The first-order valence-electron chi connectivity index (χ1n) is 21.1. The standard InChI is InChI=1S/C33H52O5.C9H13NO.C3H6.C2H6/c1-28(2,27(36)37)19-26(35)38-25-13-15-30(5)23(29(25,3)4)12-16-32(7)24(30)11-10-21-22-9-8-14-33(22,20-34)18-17-31(21,32)6;1-10-7-8-3-5-9(11-2)6-4-8;1-3-2;1-2/h20-25H,8-19H2,1-7H3,(H,36,37);3-6,10H,7H2,1-2H3;3H,1H2,2H3;1-2H3/t21?,22?,23?,24?,25?,30?,31-,32?,33?;;;/m1.../s1. The van der Waals surface area contributed by atoms with Crippen LogP contribution < -0.4 is 10.1 Å². The molecule has 5 saturated carbocycles. The zero-order valence-electron chi connectivity index (χ0n) is 36.2. The minimum atomic E-state index is -1.12. The molecule has 2 N–H and O–H groups in total. The van der Waals surface area contributed by atoms with E-state index in [1.165, 1.54) is 50.4 Å². The molecule has 6 rings (SSSR count). The molecule has 1 aromatic rings. The maximum absolute atomic E-state index is 12.9. The maximum Gasteiger partial charge on any atom is 0.309 e. The summed E-state index contributed by atoms with van der Waals surface area (Å²) in [6.07, 6.45) is 15.4. The largest absolute Gasteiger partial charge is 0.497 e. The van der Waals surface area contributed by atoms with Crippen LogP contribution >= 0.6 is 0 Å². The number of hydrogen-bond acceptors (Lipinski definition) is 6. The lowest BCUT2D eigenvalue weighted by atomic mass is 9.32. The van der Waals surface area contributed by atoms with Gasteiger partial charge in [0.15, 0.2) is 0 Å². The Balaban J connectivity index is 0.000000411. The molecule has 5 aliphatic rings. The lowest BCUT2D eigenvalue weighted by Gasteiger charge is -2.72. The van der Waals surface area contributed by atoms with Gasteiger partial charge in [0.2, 0.25) is 0 Å². The Kier molecular flexibility index (Phi) is 15.3. The minimum Gasteiger partial charge on any atom is -0.497 e. The normalized spacial score (nSPS) is 35.8. The summed E-state index contributed by atoms with van der Waals surface area (Å²) in [7, 11) is 3.61. The third-order valence-corrected chi connectivity index (χ3v) is 15.6. The molecule has 0 bridgehead atoms. The van der Waals surface area contributed by atoms with Crippen molar-refractivity contribution in [3.05, 3.63) is 42.5 Å². The van der Waals surface area contributed by atoms with Crippen LogP contribution in [-0.4, -0.2) is 43.6 Å². The average Bonchev–Trinajstić information content (AvgIpc) is 3.56. The predicted octanol–water partition coefficient (Wildman–Crippen LogP) is 11.1. The number of rotatable bonds is 8. The number of benzene rings is 1. The summed E-state index contributed by atoms with van der Waals surface area (Å²) in [5, 5.41) is 12.6. The third kappa shape index (κ3) is 8.51. The molecule has 9 atom stereocenters. The number of hydrogen-bond donors (Lipinski definition) is 2. The smallest absolute Gasteiger partial charge is 0.309 e. The molecule has 8 unspecified atom stereocenters. The molecule has 0 aromatic heterocycles. The SMILES string of the molecule is C=CC.CC.CC(C)(CC(=O)OC1CCC2(C)C(CCC3(C)C2CCC2C4CCCC4(C=O)CC[C@]23C)C1(C)C)C(=O)O.CNCc1ccc(OC)cc1. The summed E-state index contributed by atoms with van der Waals surface area (Å²) in [5.74, 6) is 1.90. The van der Waals surface area contributed by atoms with Gasteiger partial charge in [0.1, 0.15) is 18.1 Å². The molecule has 7 nitrogen and oxygen atoms in total. The van der Waals surface area contributed by atoms with Crippen LogP contribution in [0.3, 0.4) is 0 Å². The monoisotopic (exact) mass is 752 g/mol. The quantitative estimate of drug-likeness (QED) is 0.155. The minimum absolute atomic E-state index is 0.0480. The Bertz CT molecular complexity index is 1420. The van der Waals surface area contributed by atoms with Gasteiger partial charge in [0, 0.05) is 17.4 Å². The number of carboxylic acid groups (broad SMARTS) is 1. The summed E-state index contributed by atoms with van der Waals surface area (Å²) in [5.41, 5.74) is 0.695. The summed E-state index contributed by atoms with van der Waals surface area (Å²) in [6.45, 7) is 25.7. The molecule has 0 amide bonds. The Morgan fingerprint density at radius 2 is 1.52 bits per heavy atom. The molecule has 1 aromatic carbocycles. The van der Waals surface area contributed by atoms with Crippen LogP contribution in [0.25, 0.3) is 0 Å². The molecule has 0 spiro atoms. The number of methoxy groups -OCH3 is 1. The van der Waals surface area contributed by atoms with E-state index >= 15 is 0 Å². The number of aliphatic carboxylic acids is 1. The summed E-state index contributed by atoms with van der Waals surface area (Å²) in [4.78, 5) is 36.8. The molecular weight excluding hydrogens is 675 g/mol. The number of aldehydes is 1. The zero-order valence-corrected chi connectivity index (χ0v) is 36.2. The number of carboxylic acids is 1. The van der Waals surface area contributed by atoms with Crippen LogP contribution in [0.2, 0.25) is 0 Å². The zero-order chi connectivity index (χ0) is 40.8. The summed E-state index contributed by atoms with van der Waals surface area (Å²) >= 11 is 0. The van der Waals surface area contributed by atoms with Gasteiger partial charge >= 0.3 is 11.9 Å². The molecule has 0 heterocycles. The summed E-state index contributed by atoms with van der Waals surface area (Å²) in [6, 6.07) is 8.03. The van der Waals surface area contributed by atoms with E-state index < -0.39 is 11.4 Å². The van der Waals surface area contributed by atoms with Crippen LogP contribution in [-0.2, 0) is 25.7 Å². The number of ether oxygens (including phenoxy) is 2. The maximum atomic E-state index is 12.9. The molecule has 0 saturated heterocycles. The first kappa shape index (κ1) is 45.7. The second kappa shape index (κ2) is 18.1. The van der Waals surface area contributed by atoms with Gasteiger partial charge in [0.05, 0.1) is 18.9 Å². The highest BCUT2D eigenvalue weighted by molar-refractivity contribution is 5.81. The fraction of sp³-hybridized carbons (Fsp3) is 0.766. The van der Waals surface area contributed by atoms with E-state index in [1.54, 1.807) is 27.0 Å². The predicted molar refractivity (Wildman–Crippen MR) is 220 cm³/mol. The van der Waals surface area contributed by atoms with Crippen molar-refractivity contribution in [1.29, 1.82) is 0 Å². The van der Waals surface area contributed by atoms with E-state index in [2.05, 4.69) is 58.6 Å². The van der Waals surface area contributed by atoms with Gasteiger partial charge < -0.3 is 24.7 Å². The van der Waals surface area contributed by atoms with Gasteiger partial charge in [-0.25, -0.2) is 0 Å². The van der Waals surface area contributed by atoms with Gasteiger partial charge in [-0.05, 0) is 150 Å². The van der Waals surface area contributed by atoms with E-state index in [9.17, 15) is 19.5 Å². The highest BCUT2D eigenvalue weighted by Crippen LogP contribution is 2.76. The van der Waals surface area contributed by atoms with Crippen molar-refractivity contribution in [2.75, 3.05) is 14.2 Å². The summed E-state index contributed by atoms with van der Waals surface area (Å²) < 4.78 is 11.1. The van der Waals surface area contributed by atoms with Gasteiger partial charge in [-0.2, -0.15) is 0 Å². The van der Waals surface area contributed by atoms with Crippen LogP contribution in [0, 0.1) is 56.2 Å². The first-order valence-corrected chi connectivity index (χ1v) is 21.1. The van der Waals surface area contributed by atoms with Crippen LogP contribution in [0.1, 0.15) is 152 Å². The topological polar surface area (TPSA) is 102 Å². The van der Waals surface area contributed by atoms with Gasteiger partial charge in [-0.1, -0.05) is 73.1 Å². The molecule has 306 valence electrons. The number of carbonyl (C=O) groups is 3. The van der Waals surface area contributed by atoms with Crippen LogP contribution in [0.5, 0.6) is 5.75 Å². The number of esters is 1. The van der Waals surface area contributed by atoms with E-state index in [1.807, 2.05) is 40.0 Å². The lowest BCUT2D eigenvalue weighted by Crippen LogP contribution is -2.66. The van der Waals surface area contributed by atoms with Crippen molar-refractivity contribution in [2.24, 2.45) is 56.2 Å². The van der Waals surface area contributed by atoms with E-state index in [0.717, 1.165) is 44.4 Å². The Labute approximate surface area is 329 Å². The van der Waals surface area contributed by atoms with Gasteiger partial charge in [-0.3, -0.25) is 9.59 Å². The number of fused-ring (bicyclic) bond motifs is 7. The number of allylic oxidation sites excluding steroid dienone is 1. The van der Waals surface area contributed by atoms with Crippen LogP contribution in [0.4, 0.5) is 0 Å². The average molecular weight is 752 g/mol. The van der Waals surface area contributed by atoms with Crippen LogP contribution in [0.15, 0.2) is 36.9 Å². The number of nitrogens with one attached hydrogen (secondary N) is 1. The van der Waals surface area contributed by atoms with Crippen molar-refractivity contribution >= 4 is 18.2 Å². The van der Waals surface area contributed by atoms with Crippen molar-refractivity contribution in [3.8, 4) is 5.75 Å².